The van der Waals surface area contributed by atoms with Crippen molar-refractivity contribution in [2.45, 2.75) is 23.7 Å². The molecule has 1 aliphatic rings. The van der Waals surface area contributed by atoms with Gasteiger partial charge in [0.15, 0.2) is 0 Å². The topological polar surface area (TPSA) is 85.5 Å². The number of rotatable bonds is 5. The molecule has 0 N–H and O–H groups in total. The Morgan fingerprint density at radius 2 is 1.86 bits per heavy atom. The van der Waals surface area contributed by atoms with Gasteiger partial charge in [-0.15, -0.1) is 0 Å². The van der Waals surface area contributed by atoms with Crippen molar-refractivity contribution < 1.29 is 22.1 Å². The van der Waals surface area contributed by atoms with Gasteiger partial charge >= 0.3 is 0 Å². The third-order valence-electron chi connectivity index (χ3n) is 4.97. The summed E-state index contributed by atoms with van der Waals surface area (Å²) in [4.78, 5) is 4.54. The van der Waals surface area contributed by atoms with Gasteiger partial charge in [-0.2, -0.15) is 9.29 Å². The first kappa shape index (κ1) is 19.5. The van der Waals surface area contributed by atoms with Gasteiger partial charge in [-0.1, -0.05) is 5.16 Å². The van der Waals surface area contributed by atoms with Gasteiger partial charge in [0.25, 0.3) is 0 Å². The molecule has 0 radical (unpaired) electrons. The van der Waals surface area contributed by atoms with Crippen molar-refractivity contribution in [3.63, 3.8) is 0 Å². The van der Waals surface area contributed by atoms with Gasteiger partial charge in [-0.25, -0.2) is 12.8 Å². The van der Waals surface area contributed by atoms with Gasteiger partial charge in [-0.05, 0) is 61.4 Å². The van der Waals surface area contributed by atoms with Gasteiger partial charge in [0, 0.05) is 18.7 Å². The molecule has 1 atom stereocenters. The maximum absolute atomic E-state index is 13.1. The van der Waals surface area contributed by atoms with Gasteiger partial charge in [0.1, 0.15) is 11.6 Å². The predicted octanol–water partition coefficient (Wildman–Crippen LogP) is 3.45. The maximum atomic E-state index is 13.1. The van der Waals surface area contributed by atoms with Crippen LogP contribution in [-0.4, -0.2) is 43.1 Å². The highest BCUT2D eigenvalue weighted by Crippen LogP contribution is 2.31. The predicted molar refractivity (Wildman–Crippen MR) is 103 cm³/mol. The summed E-state index contributed by atoms with van der Waals surface area (Å²) in [6.45, 7) is 0.639. The van der Waals surface area contributed by atoms with Crippen LogP contribution in [-0.2, 0) is 10.0 Å². The molecule has 1 fully saturated rings. The van der Waals surface area contributed by atoms with E-state index in [0.29, 0.717) is 24.7 Å². The van der Waals surface area contributed by atoms with Gasteiger partial charge < -0.3 is 9.26 Å². The summed E-state index contributed by atoms with van der Waals surface area (Å²) in [6, 6.07) is 12.1. The Bertz CT molecular complexity index is 1080. The van der Waals surface area contributed by atoms with E-state index in [-0.39, 0.29) is 17.4 Å². The minimum atomic E-state index is -3.71. The average Bonchev–Trinajstić information content (AvgIpc) is 3.24. The van der Waals surface area contributed by atoms with E-state index < -0.39 is 15.8 Å². The van der Waals surface area contributed by atoms with E-state index in [1.54, 1.807) is 7.11 Å². The number of piperidine rings is 1. The molecule has 7 nitrogen and oxygen atoms in total. The molecular weight excluding hydrogens is 397 g/mol. The molecule has 1 aliphatic heterocycles. The van der Waals surface area contributed by atoms with E-state index >= 15 is 0 Å². The molecule has 0 aliphatic carbocycles. The minimum absolute atomic E-state index is 0.0731. The van der Waals surface area contributed by atoms with E-state index in [1.807, 2.05) is 24.3 Å². The first-order chi connectivity index (χ1) is 14.0. The second kappa shape index (κ2) is 7.92. The summed E-state index contributed by atoms with van der Waals surface area (Å²) < 4.78 is 50.9. The van der Waals surface area contributed by atoms with E-state index in [1.165, 1.54) is 16.4 Å². The van der Waals surface area contributed by atoms with E-state index in [2.05, 4.69) is 10.1 Å². The summed E-state index contributed by atoms with van der Waals surface area (Å²) in [5.41, 5.74) is 0.785. The molecule has 2 heterocycles. The highest BCUT2D eigenvalue weighted by Gasteiger charge is 2.33. The normalized spacial score (nSPS) is 17.9. The summed E-state index contributed by atoms with van der Waals surface area (Å²) in [6.07, 6.45) is 1.42. The summed E-state index contributed by atoms with van der Waals surface area (Å²) in [5.74, 6) is 0.915. The van der Waals surface area contributed by atoms with Crippen LogP contribution in [0.3, 0.4) is 0 Å². The SMILES string of the molecule is COc1ccc(-c2noc([C@@H]3CCCN(S(=O)(=O)c4ccc(F)cc4)C3)n2)cc1. The number of halogens is 1. The van der Waals surface area contributed by atoms with Crippen molar-refractivity contribution in [3.8, 4) is 17.1 Å². The molecular formula is C20H20FN3O4S. The minimum Gasteiger partial charge on any atom is -0.497 e. The lowest BCUT2D eigenvalue weighted by atomic mass is 10.00. The van der Waals surface area contributed by atoms with Crippen molar-refractivity contribution in [3.05, 3.63) is 60.2 Å². The van der Waals surface area contributed by atoms with Crippen LogP contribution in [0.4, 0.5) is 4.39 Å². The second-order valence-electron chi connectivity index (χ2n) is 6.84. The van der Waals surface area contributed by atoms with Crippen molar-refractivity contribution in [1.82, 2.24) is 14.4 Å². The molecule has 152 valence electrons. The summed E-state index contributed by atoms with van der Waals surface area (Å²) in [7, 11) is -2.12. The lowest BCUT2D eigenvalue weighted by molar-refractivity contribution is 0.265. The number of nitrogens with zero attached hydrogens (tertiary/aromatic N) is 3. The third-order valence-corrected chi connectivity index (χ3v) is 6.85. The standard InChI is InChI=1S/C20H20FN3O4S/c1-27-17-8-4-14(5-9-17)19-22-20(28-23-19)15-3-2-12-24(13-15)29(25,26)18-10-6-16(21)7-11-18/h4-11,15H,2-3,12-13H2,1H3/t15-/m1/s1. The monoisotopic (exact) mass is 417 g/mol. The summed E-state index contributed by atoms with van der Waals surface area (Å²) >= 11 is 0. The first-order valence-corrected chi connectivity index (χ1v) is 10.6. The van der Waals surface area contributed by atoms with Crippen LogP contribution in [0.15, 0.2) is 57.9 Å². The highest BCUT2D eigenvalue weighted by atomic mass is 32.2. The van der Waals surface area contributed by atoms with Crippen molar-refractivity contribution in [2.75, 3.05) is 20.2 Å². The van der Waals surface area contributed by atoms with E-state index in [4.69, 9.17) is 9.26 Å². The Balaban J connectivity index is 1.52. The van der Waals surface area contributed by atoms with Gasteiger partial charge in [-0.3, -0.25) is 0 Å². The molecule has 0 unspecified atom stereocenters. The smallest absolute Gasteiger partial charge is 0.243 e. The molecule has 0 saturated carbocycles. The molecule has 0 spiro atoms. The Morgan fingerprint density at radius 1 is 1.14 bits per heavy atom. The molecule has 0 bridgehead atoms. The largest absolute Gasteiger partial charge is 0.497 e. The highest BCUT2D eigenvalue weighted by molar-refractivity contribution is 7.89. The molecule has 4 rings (SSSR count). The zero-order valence-electron chi connectivity index (χ0n) is 15.8. The van der Waals surface area contributed by atoms with Crippen molar-refractivity contribution in [2.24, 2.45) is 0 Å². The molecule has 1 aromatic heterocycles. The van der Waals surface area contributed by atoms with Crippen LogP contribution in [0.2, 0.25) is 0 Å². The van der Waals surface area contributed by atoms with E-state index in [9.17, 15) is 12.8 Å². The van der Waals surface area contributed by atoms with Crippen LogP contribution < -0.4 is 4.74 Å². The lowest BCUT2D eigenvalue weighted by Crippen LogP contribution is -2.39. The fourth-order valence-corrected chi connectivity index (χ4v) is 4.90. The fourth-order valence-electron chi connectivity index (χ4n) is 3.38. The third kappa shape index (κ3) is 4.01. The zero-order chi connectivity index (χ0) is 20.4. The maximum Gasteiger partial charge on any atom is 0.243 e. The molecule has 9 heteroatoms. The number of sulfonamides is 1. The van der Waals surface area contributed by atoms with Crippen LogP contribution in [0, 0.1) is 5.82 Å². The number of aromatic nitrogens is 2. The molecule has 29 heavy (non-hydrogen) atoms. The number of methoxy groups -OCH3 is 1. The lowest BCUT2D eigenvalue weighted by Gasteiger charge is -2.30. The number of hydrogen-bond donors (Lipinski definition) is 0. The molecule has 2 aromatic carbocycles. The van der Waals surface area contributed by atoms with E-state index in [0.717, 1.165) is 29.9 Å². The summed E-state index contributed by atoms with van der Waals surface area (Å²) in [5, 5.41) is 4.04. The number of benzene rings is 2. The van der Waals surface area contributed by atoms with Gasteiger partial charge in [0.05, 0.1) is 17.9 Å². The van der Waals surface area contributed by atoms with Crippen LogP contribution in [0.1, 0.15) is 24.7 Å². The average molecular weight is 417 g/mol. The van der Waals surface area contributed by atoms with Crippen molar-refractivity contribution in [1.29, 1.82) is 0 Å². The number of ether oxygens (including phenoxy) is 1. The van der Waals surface area contributed by atoms with Crippen LogP contribution >= 0.6 is 0 Å². The fraction of sp³-hybridized carbons (Fsp3) is 0.300. The quantitative estimate of drug-likeness (QED) is 0.632. The Morgan fingerprint density at radius 3 is 2.55 bits per heavy atom. The molecule has 0 amide bonds. The Kier molecular flexibility index (Phi) is 5.33. The first-order valence-electron chi connectivity index (χ1n) is 9.21. The zero-order valence-corrected chi connectivity index (χ0v) is 16.6. The second-order valence-corrected chi connectivity index (χ2v) is 8.78. The van der Waals surface area contributed by atoms with Crippen molar-refractivity contribution >= 4 is 10.0 Å². The van der Waals surface area contributed by atoms with Gasteiger partial charge in [0.2, 0.25) is 21.7 Å². The molecule has 3 aromatic rings. The van der Waals surface area contributed by atoms with Crippen LogP contribution in [0.25, 0.3) is 11.4 Å². The Labute approximate surface area is 168 Å². The Hall–Kier alpha value is -2.78. The van der Waals surface area contributed by atoms with Crippen LogP contribution in [0.5, 0.6) is 5.75 Å². The number of hydrogen-bond acceptors (Lipinski definition) is 6. The molecule has 1 saturated heterocycles.